The number of benzene rings is 1. The van der Waals surface area contributed by atoms with Crippen LogP contribution < -0.4 is 15.5 Å². The summed E-state index contributed by atoms with van der Waals surface area (Å²) in [6.07, 6.45) is 4.14. The van der Waals surface area contributed by atoms with E-state index in [0.29, 0.717) is 17.9 Å². The lowest BCUT2D eigenvalue weighted by molar-refractivity contribution is -0.136. The fourth-order valence-corrected chi connectivity index (χ4v) is 4.82. The van der Waals surface area contributed by atoms with Crippen LogP contribution in [0.3, 0.4) is 0 Å². The minimum absolute atomic E-state index is 0.0760. The van der Waals surface area contributed by atoms with Gasteiger partial charge in [0.15, 0.2) is 0 Å². The summed E-state index contributed by atoms with van der Waals surface area (Å²) < 4.78 is 0. The molecule has 0 saturated carbocycles. The predicted molar refractivity (Wildman–Crippen MR) is 118 cm³/mol. The molecule has 0 aliphatic carbocycles. The fraction of sp³-hybridized carbons (Fsp3) is 0.364. The van der Waals surface area contributed by atoms with Gasteiger partial charge in [-0.15, -0.1) is 0 Å². The number of hydrogen-bond acceptors (Lipinski definition) is 8. The van der Waals surface area contributed by atoms with Crippen molar-refractivity contribution in [1.82, 2.24) is 25.5 Å². The number of amides is 4. The second-order valence-corrected chi connectivity index (χ2v) is 8.65. The Labute approximate surface area is 194 Å². The van der Waals surface area contributed by atoms with Crippen LogP contribution in [0.1, 0.15) is 45.5 Å². The van der Waals surface area contributed by atoms with Crippen molar-refractivity contribution in [2.75, 3.05) is 18.0 Å². The molecule has 2 fully saturated rings. The molecule has 2 N–H and O–H groups in total. The lowest BCUT2D eigenvalue weighted by Crippen LogP contribution is -2.54. The molecule has 33 heavy (non-hydrogen) atoms. The van der Waals surface area contributed by atoms with Gasteiger partial charge in [-0.25, -0.2) is 4.98 Å². The van der Waals surface area contributed by atoms with Gasteiger partial charge in [-0.3, -0.25) is 34.4 Å². The lowest BCUT2D eigenvalue weighted by Gasteiger charge is -2.30. The van der Waals surface area contributed by atoms with Crippen LogP contribution >= 0.6 is 11.6 Å². The van der Waals surface area contributed by atoms with Crippen molar-refractivity contribution in [3.05, 3.63) is 52.4 Å². The van der Waals surface area contributed by atoms with Gasteiger partial charge in [0.1, 0.15) is 17.0 Å². The van der Waals surface area contributed by atoms with E-state index in [1.807, 2.05) is 4.90 Å². The van der Waals surface area contributed by atoms with Crippen LogP contribution in [0.5, 0.6) is 0 Å². The number of halogens is 1. The van der Waals surface area contributed by atoms with Gasteiger partial charge in [0.2, 0.25) is 11.8 Å². The normalized spacial score (nSPS) is 22.5. The highest BCUT2D eigenvalue weighted by atomic mass is 35.5. The van der Waals surface area contributed by atoms with Gasteiger partial charge < -0.3 is 10.2 Å². The van der Waals surface area contributed by atoms with Crippen molar-refractivity contribution < 1.29 is 19.2 Å². The van der Waals surface area contributed by atoms with Crippen molar-refractivity contribution >= 4 is 41.0 Å². The summed E-state index contributed by atoms with van der Waals surface area (Å²) in [5, 5.41) is 5.80. The van der Waals surface area contributed by atoms with Crippen molar-refractivity contribution in [3.8, 4) is 0 Å². The maximum absolute atomic E-state index is 13.4. The zero-order valence-electron chi connectivity index (χ0n) is 17.6. The van der Waals surface area contributed by atoms with Crippen LogP contribution in [0, 0.1) is 0 Å². The van der Waals surface area contributed by atoms with Gasteiger partial charge in [0, 0.05) is 25.6 Å². The third-order valence-electron chi connectivity index (χ3n) is 6.26. The smallest absolute Gasteiger partial charge is 0.262 e. The largest absolute Gasteiger partial charge is 0.347 e. The van der Waals surface area contributed by atoms with E-state index >= 15 is 0 Å². The molecule has 2 aromatic rings. The highest BCUT2D eigenvalue weighted by Gasteiger charge is 2.45. The van der Waals surface area contributed by atoms with Crippen LogP contribution in [0.25, 0.3) is 0 Å². The van der Waals surface area contributed by atoms with Crippen LogP contribution in [0.15, 0.2) is 30.6 Å². The fourth-order valence-electron chi connectivity index (χ4n) is 4.67. The van der Waals surface area contributed by atoms with E-state index in [9.17, 15) is 19.2 Å². The van der Waals surface area contributed by atoms with E-state index in [1.165, 1.54) is 6.20 Å². The molecule has 5 rings (SSSR count). The van der Waals surface area contributed by atoms with Gasteiger partial charge >= 0.3 is 0 Å². The number of aromatic nitrogens is 2. The molecule has 3 aliphatic rings. The Morgan fingerprint density at radius 2 is 1.97 bits per heavy atom. The molecule has 2 saturated heterocycles. The quantitative estimate of drug-likeness (QED) is 0.620. The van der Waals surface area contributed by atoms with Crippen molar-refractivity contribution in [2.45, 2.75) is 37.9 Å². The number of hydrogen-bond donors (Lipinski definition) is 2. The Morgan fingerprint density at radius 1 is 1.12 bits per heavy atom. The number of carbonyl (C=O) groups is 4. The van der Waals surface area contributed by atoms with Crippen LogP contribution in [0.4, 0.5) is 5.82 Å². The zero-order chi connectivity index (χ0) is 23.1. The number of anilines is 1. The molecule has 1 aromatic heterocycles. The predicted octanol–water partition coefficient (Wildman–Crippen LogP) is 0.900. The molecular formula is C22H21ClN6O4. The molecular weight excluding hydrogens is 448 g/mol. The second kappa shape index (κ2) is 8.53. The molecule has 2 atom stereocenters. The molecule has 170 valence electrons. The Balaban J connectivity index is 1.49. The standard InChI is InChI=1S/C22H21ClN6O4/c23-16-9-25-10-17(26-16)28(13-6-7-24-8-13)11-12-2-1-3-14-19(12)22(33)29(21(14)32)15-4-5-18(30)27-20(15)31/h1-3,9-10,13,15,24H,4-8,11H2,(H,27,30,31). The van der Waals surface area contributed by atoms with Crippen LogP contribution in [0.2, 0.25) is 5.15 Å². The molecule has 3 aliphatic heterocycles. The first-order valence-electron chi connectivity index (χ1n) is 10.7. The molecule has 2 unspecified atom stereocenters. The van der Waals surface area contributed by atoms with Crippen molar-refractivity contribution in [1.29, 1.82) is 0 Å². The van der Waals surface area contributed by atoms with E-state index in [0.717, 1.165) is 24.4 Å². The van der Waals surface area contributed by atoms with E-state index < -0.39 is 29.7 Å². The zero-order valence-corrected chi connectivity index (χ0v) is 18.3. The average Bonchev–Trinajstić information content (AvgIpc) is 3.40. The molecule has 0 radical (unpaired) electrons. The third-order valence-corrected chi connectivity index (χ3v) is 6.44. The molecule has 10 nitrogen and oxygen atoms in total. The summed E-state index contributed by atoms with van der Waals surface area (Å²) in [4.78, 5) is 62.0. The van der Waals surface area contributed by atoms with Crippen LogP contribution in [-0.2, 0) is 16.1 Å². The maximum Gasteiger partial charge on any atom is 0.262 e. The topological polar surface area (TPSA) is 125 Å². The first-order chi connectivity index (χ1) is 15.9. The first kappa shape index (κ1) is 21.5. The molecule has 0 spiro atoms. The van der Waals surface area contributed by atoms with Crippen LogP contribution in [-0.4, -0.2) is 63.7 Å². The first-order valence-corrected chi connectivity index (χ1v) is 11.1. The van der Waals surface area contributed by atoms with E-state index in [-0.39, 0.29) is 35.2 Å². The highest BCUT2D eigenvalue weighted by molar-refractivity contribution is 6.29. The van der Waals surface area contributed by atoms with Crippen molar-refractivity contribution in [2.24, 2.45) is 0 Å². The summed E-state index contributed by atoms with van der Waals surface area (Å²) in [5.74, 6) is -1.51. The molecule has 11 heteroatoms. The summed E-state index contributed by atoms with van der Waals surface area (Å²) in [6, 6.07) is 4.21. The summed E-state index contributed by atoms with van der Waals surface area (Å²) >= 11 is 6.08. The third kappa shape index (κ3) is 3.85. The van der Waals surface area contributed by atoms with Gasteiger partial charge in [-0.05, 0) is 31.0 Å². The number of carbonyl (C=O) groups excluding carboxylic acids is 4. The van der Waals surface area contributed by atoms with Crippen molar-refractivity contribution in [3.63, 3.8) is 0 Å². The molecule has 4 heterocycles. The van der Waals surface area contributed by atoms with Gasteiger partial charge in [-0.1, -0.05) is 23.7 Å². The average molecular weight is 469 g/mol. The minimum Gasteiger partial charge on any atom is -0.347 e. The highest BCUT2D eigenvalue weighted by Crippen LogP contribution is 2.32. The summed E-state index contributed by atoms with van der Waals surface area (Å²) in [6.45, 7) is 1.90. The van der Waals surface area contributed by atoms with Gasteiger partial charge in [0.25, 0.3) is 11.8 Å². The molecule has 0 bridgehead atoms. The summed E-state index contributed by atoms with van der Waals surface area (Å²) in [5.41, 5.74) is 1.18. The Kier molecular flexibility index (Phi) is 5.55. The SMILES string of the molecule is O=C1CCC(N2C(=O)c3cccc(CN(c4cncc(Cl)n4)C4CCNC4)c3C2=O)C(=O)N1. The minimum atomic E-state index is -1.00. The number of imide groups is 2. The molecule has 4 amide bonds. The number of fused-ring (bicyclic) bond motifs is 1. The number of nitrogens with zero attached hydrogens (tertiary/aromatic N) is 4. The Bertz CT molecular complexity index is 1170. The maximum atomic E-state index is 13.4. The van der Waals surface area contributed by atoms with E-state index in [2.05, 4.69) is 20.6 Å². The Morgan fingerprint density at radius 3 is 2.70 bits per heavy atom. The number of rotatable bonds is 5. The van der Waals surface area contributed by atoms with E-state index in [1.54, 1.807) is 24.4 Å². The lowest BCUT2D eigenvalue weighted by atomic mass is 10.0. The number of nitrogens with one attached hydrogen (secondary N) is 2. The monoisotopic (exact) mass is 468 g/mol. The van der Waals surface area contributed by atoms with Gasteiger partial charge in [0.05, 0.1) is 23.5 Å². The van der Waals surface area contributed by atoms with E-state index in [4.69, 9.17) is 11.6 Å². The Hall–Kier alpha value is -3.37. The number of piperidine rings is 1. The second-order valence-electron chi connectivity index (χ2n) is 8.26. The molecule has 1 aromatic carbocycles. The van der Waals surface area contributed by atoms with Gasteiger partial charge in [-0.2, -0.15) is 0 Å². The summed E-state index contributed by atoms with van der Waals surface area (Å²) in [7, 11) is 0.